The molecule has 4 rings (SSSR count). The van der Waals surface area contributed by atoms with E-state index in [1.54, 1.807) is 0 Å². The summed E-state index contributed by atoms with van der Waals surface area (Å²) in [6, 6.07) is 0. The summed E-state index contributed by atoms with van der Waals surface area (Å²) in [5.74, 6) is -52.0. The highest BCUT2D eigenvalue weighted by Crippen LogP contribution is 2.37. The van der Waals surface area contributed by atoms with E-state index in [0.717, 1.165) is 0 Å². The number of hydrogen-bond donors (Lipinski definition) is 0. The molecule has 0 aliphatic rings. The molecule has 0 saturated carbocycles. The van der Waals surface area contributed by atoms with Crippen LogP contribution < -0.4 is 0 Å². The Bertz CT molecular complexity index is 1630. The second kappa shape index (κ2) is 13.1. The fourth-order valence-electron chi connectivity index (χ4n) is 5.62. The summed E-state index contributed by atoms with van der Waals surface area (Å²) in [4.78, 5) is 0. The third kappa shape index (κ3) is 6.06. The van der Waals surface area contributed by atoms with Crippen molar-refractivity contribution in [2.45, 2.75) is 32.2 Å². The molecule has 0 aliphatic heterocycles. The van der Waals surface area contributed by atoms with Gasteiger partial charge in [-0.05, 0) is 29.2 Å². The molecule has 0 atom stereocenters. The van der Waals surface area contributed by atoms with Crippen molar-refractivity contribution in [2.24, 2.45) is 0 Å². The number of benzene rings is 4. The lowest BCUT2D eigenvalue weighted by atomic mass is 9.16. The molecule has 0 aromatic heterocycles. The van der Waals surface area contributed by atoms with Crippen molar-refractivity contribution in [1.82, 2.24) is 0 Å². The van der Waals surface area contributed by atoms with E-state index in [-0.39, 0.29) is 0 Å². The van der Waals surface area contributed by atoms with Crippen LogP contribution in [0.2, 0.25) is 0 Å². The van der Waals surface area contributed by atoms with Gasteiger partial charge in [0.2, 0.25) is 17.5 Å². The molecule has 0 radical (unpaired) electrons. The average Bonchev–Trinajstić information content (AvgIpc) is 3.08. The molecule has 264 valence electrons. The van der Waals surface area contributed by atoms with E-state index in [1.807, 2.05) is 0 Å². The van der Waals surface area contributed by atoms with Gasteiger partial charge in [0.15, 0.2) is 93.1 Å². The Hall–Kier alpha value is -4.39. The maximum atomic E-state index is 15.1. The summed E-state index contributed by atoms with van der Waals surface area (Å²) in [6.07, 6.45) is -13.4. The molecule has 4 aromatic rings. The lowest BCUT2D eigenvalue weighted by Crippen LogP contribution is -2.49. The first-order valence-electron chi connectivity index (χ1n) is 13.1. The van der Waals surface area contributed by atoms with Crippen molar-refractivity contribution in [3.8, 4) is 0 Å². The number of hydrogen-bond acceptors (Lipinski definition) is 0. The molecule has 0 saturated heterocycles. The predicted molar refractivity (Wildman–Crippen MR) is 130 cm³/mol. The molecule has 0 fully saturated rings. The van der Waals surface area contributed by atoms with Crippen LogP contribution in [0.1, 0.15) is 27.8 Å². The Kier molecular flexibility index (Phi) is 10.0. The minimum Gasteiger partial charge on any atom is -0.203 e. The number of rotatable bonds is 8. The molecule has 0 spiro atoms. The van der Waals surface area contributed by atoms with E-state index in [1.165, 1.54) is 0 Å². The second-order valence-corrected chi connectivity index (χ2v) is 11.1. The highest BCUT2D eigenvalue weighted by Gasteiger charge is 2.40. The molecular formula is C29H11BF19-. The Balaban J connectivity index is 2.21. The first kappa shape index (κ1) is 37.4. The van der Waals surface area contributed by atoms with Crippen molar-refractivity contribution in [3.63, 3.8) is 0 Å². The van der Waals surface area contributed by atoms with Gasteiger partial charge >= 0.3 is 0 Å². The Labute approximate surface area is 260 Å². The zero-order valence-corrected chi connectivity index (χ0v) is 23.6. The maximum Gasteiger partial charge on any atom is 0.200 e. The zero-order chi connectivity index (χ0) is 37.2. The van der Waals surface area contributed by atoms with Crippen LogP contribution in [0, 0.1) is 117 Å². The van der Waals surface area contributed by atoms with Crippen molar-refractivity contribution in [2.75, 3.05) is 0 Å². The van der Waals surface area contributed by atoms with Gasteiger partial charge in [-0.3, -0.25) is 0 Å². The molecule has 0 unspecified atom stereocenters. The summed E-state index contributed by atoms with van der Waals surface area (Å²) in [6.45, 7) is 0.442. The van der Waals surface area contributed by atoms with Crippen LogP contribution in [0.3, 0.4) is 0 Å². The van der Waals surface area contributed by atoms with E-state index < -0.39 is 170 Å². The molecule has 49 heavy (non-hydrogen) atoms. The van der Waals surface area contributed by atoms with Crippen LogP contribution in [-0.4, -0.2) is 6.15 Å². The minimum atomic E-state index is -4.66. The highest BCUT2D eigenvalue weighted by molar-refractivity contribution is 6.77. The molecule has 0 bridgehead atoms. The normalized spacial score (nSPS) is 12.0. The molecule has 0 aliphatic carbocycles. The van der Waals surface area contributed by atoms with Crippen LogP contribution >= 0.6 is 0 Å². The van der Waals surface area contributed by atoms with E-state index in [0.29, 0.717) is 6.92 Å². The summed E-state index contributed by atoms with van der Waals surface area (Å²) < 4.78 is 276. The zero-order valence-electron chi connectivity index (χ0n) is 23.6. The van der Waals surface area contributed by atoms with Crippen LogP contribution in [0.4, 0.5) is 83.4 Å². The van der Waals surface area contributed by atoms with Gasteiger partial charge in [0.05, 0.1) is 0 Å². The van der Waals surface area contributed by atoms with Gasteiger partial charge < -0.3 is 0 Å². The van der Waals surface area contributed by atoms with E-state index in [9.17, 15) is 74.6 Å². The van der Waals surface area contributed by atoms with Crippen molar-refractivity contribution in [3.05, 3.63) is 138 Å². The van der Waals surface area contributed by atoms with Crippen molar-refractivity contribution in [1.29, 1.82) is 0 Å². The van der Waals surface area contributed by atoms with Gasteiger partial charge in [-0.15, -0.1) is 25.3 Å². The monoisotopic (exact) mass is 731 g/mol. The SMILES string of the molecule is Cc1c(F)c(F)c(C[B-](Cc2c(F)c(F)c(F)c(F)c2F)(Cc2c(F)c(F)c(F)c(F)c2F)Cc2c(F)c(F)c(F)c(F)c2F)c(F)c1F. The first-order chi connectivity index (χ1) is 22.6. The second-order valence-electron chi connectivity index (χ2n) is 11.1. The molecule has 0 heterocycles. The van der Waals surface area contributed by atoms with Crippen LogP contribution in [-0.2, 0) is 25.3 Å². The lowest BCUT2D eigenvalue weighted by Gasteiger charge is -2.41. The van der Waals surface area contributed by atoms with E-state index in [4.69, 9.17) is 0 Å². The van der Waals surface area contributed by atoms with Crippen molar-refractivity contribution >= 4 is 6.15 Å². The topological polar surface area (TPSA) is 0 Å². The molecule has 0 amide bonds. The fraction of sp³-hybridized carbons (Fsp3) is 0.172. The quantitative estimate of drug-likeness (QED) is 0.0734. The van der Waals surface area contributed by atoms with Crippen molar-refractivity contribution < 1.29 is 83.4 Å². The third-order valence-electron chi connectivity index (χ3n) is 8.02. The van der Waals surface area contributed by atoms with Crippen LogP contribution in [0.15, 0.2) is 0 Å². The molecule has 0 N–H and O–H groups in total. The van der Waals surface area contributed by atoms with Gasteiger partial charge in [0, 0.05) is 11.7 Å². The number of halogens is 19. The Morgan fingerprint density at radius 3 is 0.571 bits per heavy atom. The average molecular weight is 731 g/mol. The largest absolute Gasteiger partial charge is 0.203 e. The van der Waals surface area contributed by atoms with E-state index in [2.05, 4.69) is 0 Å². The fourth-order valence-corrected chi connectivity index (χ4v) is 5.62. The van der Waals surface area contributed by atoms with Gasteiger partial charge in [-0.25, -0.2) is 83.4 Å². The first-order valence-corrected chi connectivity index (χ1v) is 13.1. The molecular weight excluding hydrogens is 720 g/mol. The third-order valence-corrected chi connectivity index (χ3v) is 8.02. The van der Waals surface area contributed by atoms with Gasteiger partial charge in [-0.1, -0.05) is 0 Å². The smallest absolute Gasteiger partial charge is 0.200 e. The summed E-state index contributed by atoms with van der Waals surface area (Å²) in [5.41, 5.74) is -9.91. The molecule has 4 aromatic carbocycles. The van der Waals surface area contributed by atoms with Crippen LogP contribution in [0.25, 0.3) is 0 Å². The highest BCUT2D eigenvalue weighted by atomic mass is 19.2. The van der Waals surface area contributed by atoms with Crippen LogP contribution in [0.5, 0.6) is 0 Å². The van der Waals surface area contributed by atoms with Gasteiger partial charge in [0.1, 0.15) is 0 Å². The Morgan fingerprint density at radius 1 is 0.245 bits per heavy atom. The van der Waals surface area contributed by atoms with E-state index >= 15 is 8.78 Å². The Morgan fingerprint density at radius 2 is 0.388 bits per heavy atom. The summed E-state index contributed by atoms with van der Waals surface area (Å²) in [5, 5.41) is 0. The molecule has 0 nitrogen and oxygen atoms in total. The minimum absolute atomic E-state index is 0.442. The maximum absolute atomic E-state index is 15.1. The predicted octanol–water partition coefficient (Wildman–Crippen LogP) is 9.51. The van der Waals surface area contributed by atoms with Gasteiger partial charge in [0.25, 0.3) is 0 Å². The summed E-state index contributed by atoms with van der Waals surface area (Å²) in [7, 11) is 0. The summed E-state index contributed by atoms with van der Waals surface area (Å²) >= 11 is 0. The lowest BCUT2D eigenvalue weighted by molar-refractivity contribution is 0.369. The molecule has 20 heteroatoms. The van der Waals surface area contributed by atoms with Gasteiger partial charge in [-0.2, -0.15) is 0 Å². The standard InChI is InChI=1S/C29H11BF19/c1-6-11(31)13(33)7(14(34)12(6)32)2-30(3-8-15(35)21(41)27(47)22(42)16(8)36,4-9-17(37)23(43)28(48)24(44)18(9)38)5-10-19(39)25(45)29(49)26(46)20(10)40/h2-5H2,1H3/q-1.